The van der Waals surface area contributed by atoms with E-state index in [2.05, 4.69) is 0 Å². The van der Waals surface area contributed by atoms with E-state index in [0.29, 0.717) is 34.3 Å². The molecule has 0 amide bonds. The lowest BCUT2D eigenvalue weighted by atomic mass is 9.98. The summed E-state index contributed by atoms with van der Waals surface area (Å²) in [6.07, 6.45) is 2.33. The molecular formula is C23H18O3S. The van der Waals surface area contributed by atoms with Crippen LogP contribution in [0.25, 0.3) is 22.3 Å². The zero-order valence-electron chi connectivity index (χ0n) is 14.8. The lowest BCUT2D eigenvalue weighted by molar-refractivity contribution is 0.469. The van der Waals surface area contributed by atoms with Gasteiger partial charge in [0.25, 0.3) is 0 Å². The monoisotopic (exact) mass is 374 g/mol. The Bertz CT molecular complexity index is 1160. The second kappa shape index (κ2) is 7.33. The summed E-state index contributed by atoms with van der Waals surface area (Å²) in [7, 11) is 0. The van der Waals surface area contributed by atoms with Crippen molar-refractivity contribution in [2.75, 3.05) is 6.26 Å². The molecule has 0 aliphatic rings. The Morgan fingerprint density at radius 1 is 0.926 bits per heavy atom. The fourth-order valence-corrected chi connectivity index (χ4v) is 3.58. The molecule has 1 N–H and O–H groups in total. The van der Waals surface area contributed by atoms with Crippen LogP contribution in [0.4, 0.5) is 0 Å². The van der Waals surface area contributed by atoms with Gasteiger partial charge in [0, 0.05) is 22.4 Å². The molecule has 4 heteroatoms. The van der Waals surface area contributed by atoms with Crippen molar-refractivity contribution in [3.63, 3.8) is 0 Å². The third-order valence-electron chi connectivity index (χ3n) is 4.60. The molecule has 0 fully saturated rings. The van der Waals surface area contributed by atoms with Crippen molar-refractivity contribution < 1.29 is 9.52 Å². The van der Waals surface area contributed by atoms with Gasteiger partial charge >= 0.3 is 0 Å². The van der Waals surface area contributed by atoms with E-state index in [-0.39, 0.29) is 11.2 Å². The van der Waals surface area contributed by atoms with E-state index in [1.807, 2.05) is 54.8 Å². The van der Waals surface area contributed by atoms with Gasteiger partial charge < -0.3 is 9.52 Å². The van der Waals surface area contributed by atoms with Gasteiger partial charge in [-0.15, -0.1) is 11.8 Å². The maximum absolute atomic E-state index is 13.2. The molecule has 0 aliphatic heterocycles. The van der Waals surface area contributed by atoms with Gasteiger partial charge in [-0.2, -0.15) is 0 Å². The number of hydrogen-bond donors (Lipinski definition) is 1. The van der Waals surface area contributed by atoms with E-state index in [9.17, 15) is 9.90 Å². The summed E-state index contributed by atoms with van der Waals surface area (Å²) in [5, 5.41) is 10.7. The van der Waals surface area contributed by atoms with Crippen molar-refractivity contribution in [3.05, 3.63) is 94.1 Å². The van der Waals surface area contributed by atoms with Crippen LogP contribution in [0.1, 0.15) is 11.1 Å². The van der Waals surface area contributed by atoms with Gasteiger partial charge in [-0.1, -0.05) is 42.5 Å². The third-order valence-corrected chi connectivity index (χ3v) is 5.35. The smallest absolute Gasteiger partial charge is 0.196 e. The van der Waals surface area contributed by atoms with Gasteiger partial charge in [-0.3, -0.25) is 4.79 Å². The maximum atomic E-state index is 13.2. The van der Waals surface area contributed by atoms with Gasteiger partial charge in [-0.05, 0) is 42.2 Å². The maximum Gasteiger partial charge on any atom is 0.196 e. The standard InChI is InChI=1S/C23H18O3S/c1-27-17-12-10-15(11-13-17)23-19(14-16-6-2-4-8-20(16)24)22(25)18-7-3-5-9-21(18)26-23/h2-13,24H,14H2,1H3. The Hall–Kier alpha value is -2.98. The molecule has 0 bridgehead atoms. The predicted octanol–water partition coefficient (Wildman–Crippen LogP) is 5.48. The van der Waals surface area contributed by atoms with E-state index >= 15 is 0 Å². The molecule has 3 aromatic carbocycles. The molecule has 4 rings (SSSR count). The Morgan fingerprint density at radius 2 is 1.63 bits per heavy atom. The van der Waals surface area contributed by atoms with Gasteiger partial charge in [-0.25, -0.2) is 0 Å². The first-order valence-electron chi connectivity index (χ1n) is 8.63. The Kier molecular flexibility index (Phi) is 4.73. The summed E-state index contributed by atoms with van der Waals surface area (Å²) >= 11 is 1.66. The van der Waals surface area contributed by atoms with E-state index in [0.717, 1.165) is 10.5 Å². The molecule has 0 atom stereocenters. The largest absolute Gasteiger partial charge is 0.508 e. The average Bonchev–Trinajstić information content (AvgIpc) is 2.71. The van der Waals surface area contributed by atoms with Gasteiger partial charge in [0.15, 0.2) is 5.43 Å². The lowest BCUT2D eigenvalue weighted by Crippen LogP contribution is -2.12. The molecule has 1 heterocycles. The highest BCUT2D eigenvalue weighted by Crippen LogP contribution is 2.30. The zero-order valence-corrected chi connectivity index (χ0v) is 15.6. The lowest BCUT2D eigenvalue weighted by Gasteiger charge is -2.11. The minimum atomic E-state index is -0.0657. The first-order valence-corrected chi connectivity index (χ1v) is 9.86. The van der Waals surface area contributed by atoms with Crippen molar-refractivity contribution in [2.24, 2.45) is 0 Å². The number of hydrogen-bond acceptors (Lipinski definition) is 4. The summed E-state index contributed by atoms with van der Waals surface area (Å²) in [5.41, 5.74) is 2.59. The molecular weight excluding hydrogens is 356 g/mol. The summed E-state index contributed by atoms with van der Waals surface area (Å²) in [4.78, 5) is 14.4. The Morgan fingerprint density at radius 3 is 2.37 bits per heavy atom. The third kappa shape index (κ3) is 3.36. The van der Waals surface area contributed by atoms with Crippen LogP contribution in [0.3, 0.4) is 0 Å². The van der Waals surface area contributed by atoms with Crippen LogP contribution < -0.4 is 5.43 Å². The topological polar surface area (TPSA) is 50.4 Å². The van der Waals surface area contributed by atoms with E-state index < -0.39 is 0 Å². The number of aromatic hydroxyl groups is 1. The van der Waals surface area contributed by atoms with Crippen LogP contribution in [0.5, 0.6) is 5.75 Å². The zero-order chi connectivity index (χ0) is 18.8. The quantitative estimate of drug-likeness (QED) is 0.481. The molecule has 0 saturated carbocycles. The molecule has 4 aromatic rings. The van der Waals surface area contributed by atoms with Crippen LogP contribution in [0.15, 0.2) is 86.9 Å². The fraction of sp³-hybridized carbons (Fsp3) is 0.0870. The van der Waals surface area contributed by atoms with E-state index in [4.69, 9.17) is 4.42 Å². The molecule has 0 saturated heterocycles. The van der Waals surface area contributed by atoms with Crippen LogP contribution >= 0.6 is 11.8 Å². The van der Waals surface area contributed by atoms with Crippen molar-refractivity contribution in [2.45, 2.75) is 11.3 Å². The van der Waals surface area contributed by atoms with Crippen molar-refractivity contribution in [1.82, 2.24) is 0 Å². The summed E-state index contributed by atoms with van der Waals surface area (Å²) < 4.78 is 6.16. The van der Waals surface area contributed by atoms with Crippen LogP contribution in [-0.2, 0) is 6.42 Å². The van der Waals surface area contributed by atoms with Crippen LogP contribution in [0.2, 0.25) is 0 Å². The number of rotatable bonds is 4. The molecule has 0 radical (unpaired) electrons. The number of para-hydroxylation sites is 2. The summed E-state index contributed by atoms with van der Waals surface area (Å²) in [5.74, 6) is 0.725. The molecule has 27 heavy (non-hydrogen) atoms. The predicted molar refractivity (Wildman–Crippen MR) is 111 cm³/mol. The average molecular weight is 374 g/mol. The van der Waals surface area contributed by atoms with Crippen molar-refractivity contribution in [1.29, 1.82) is 0 Å². The van der Waals surface area contributed by atoms with E-state index in [1.165, 1.54) is 0 Å². The SMILES string of the molecule is CSc1ccc(-c2oc3ccccc3c(=O)c2Cc2ccccc2O)cc1. The second-order valence-corrected chi connectivity index (χ2v) is 7.15. The van der Waals surface area contributed by atoms with Crippen LogP contribution in [-0.4, -0.2) is 11.4 Å². The molecule has 3 nitrogen and oxygen atoms in total. The van der Waals surface area contributed by atoms with Gasteiger partial charge in [0.05, 0.1) is 5.39 Å². The summed E-state index contributed by atoms with van der Waals surface area (Å²) in [6.45, 7) is 0. The highest BCUT2D eigenvalue weighted by molar-refractivity contribution is 7.98. The summed E-state index contributed by atoms with van der Waals surface area (Å²) in [6, 6.07) is 22.3. The van der Waals surface area contributed by atoms with Crippen LogP contribution in [0, 0.1) is 0 Å². The number of phenolic OH excluding ortho intramolecular Hbond substituents is 1. The highest BCUT2D eigenvalue weighted by atomic mass is 32.2. The second-order valence-electron chi connectivity index (χ2n) is 6.27. The fourth-order valence-electron chi connectivity index (χ4n) is 3.17. The number of fused-ring (bicyclic) bond motifs is 1. The number of benzene rings is 3. The molecule has 0 unspecified atom stereocenters. The van der Waals surface area contributed by atoms with Gasteiger partial charge in [0.2, 0.25) is 0 Å². The molecule has 0 spiro atoms. The Labute approximate surface area is 161 Å². The van der Waals surface area contributed by atoms with E-state index in [1.54, 1.807) is 36.0 Å². The molecule has 1 aromatic heterocycles. The number of phenols is 1. The normalized spacial score (nSPS) is 11.0. The van der Waals surface area contributed by atoms with Crippen molar-refractivity contribution >= 4 is 22.7 Å². The van der Waals surface area contributed by atoms with Gasteiger partial charge in [0.1, 0.15) is 17.1 Å². The first kappa shape index (κ1) is 17.4. The Balaban J connectivity index is 1.95. The van der Waals surface area contributed by atoms with Crippen molar-refractivity contribution in [3.8, 4) is 17.1 Å². The number of thioether (sulfide) groups is 1. The minimum Gasteiger partial charge on any atom is -0.508 e. The molecule has 134 valence electrons. The minimum absolute atomic E-state index is 0.0657. The molecule has 0 aliphatic carbocycles. The first-order chi connectivity index (χ1) is 13.2. The highest BCUT2D eigenvalue weighted by Gasteiger charge is 2.17.